The zero-order valence-corrected chi connectivity index (χ0v) is 28.7. The number of aromatic hydroxyl groups is 2. The highest BCUT2D eigenvalue weighted by Crippen LogP contribution is 2.44. The molecule has 12 heteroatoms. The van der Waals surface area contributed by atoms with Crippen molar-refractivity contribution in [2.75, 3.05) is 32.8 Å². The van der Waals surface area contributed by atoms with E-state index in [0.29, 0.717) is 41.9 Å². The predicted molar refractivity (Wildman–Crippen MR) is 198 cm³/mol. The maximum Gasteiger partial charge on any atom is 0.290 e. The number of hydrogen-bond acceptors (Lipinski definition) is 9. The monoisotopic (exact) mass is 711 g/mol. The largest absolute Gasteiger partial charge is 0.508 e. The van der Waals surface area contributed by atoms with Crippen LogP contribution >= 0.6 is 0 Å². The van der Waals surface area contributed by atoms with E-state index in [1.165, 1.54) is 17.7 Å². The lowest BCUT2D eigenvalue weighted by Gasteiger charge is -2.39. The summed E-state index contributed by atoms with van der Waals surface area (Å²) in [5, 5.41) is 53.0. The van der Waals surface area contributed by atoms with Crippen LogP contribution in [0.4, 0.5) is 0 Å². The van der Waals surface area contributed by atoms with Gasteiger partial charge in [-0.3, -0.25) is 14.4 Å². The van der Waals surface area contributed by atoms with Crippen molar-refractivity contribution in [3.05, 3.63) is 135 Å². The highest BCUT2D eigenvalue weighted by molar-refractivity contribution is 5.87. The first-order chi connectivity index (χ1) is 25.3. The maximum absolute atomic E-state index is 11.7. The average Bonchev–Trinajstić information content (AvgIpc) is 3.16. The molecule has 2 heterocycles. The lowest BCUT2D eigenvalue weighted by molar-refractivity contribution is -0.123. The molecule has 8 N–H and O–H groups in total. The Hall–Kier alpha value is -5.69. The Labute approximate surface area is 301 Å². The number of pyridine rings is 1. The van der Waals surface area contributed by atoms with E-state index >= 15 is 0 Å². The number of nitrogens with one attached hydrogen (secondary N) is 3. The molecule has 12 nitrogen and oxygen atoms in total. The zero-order valence-electron chi connectivity index (χ0n) is 28.7. The van der Waals surface area contributed by atoms with Crippen molar-refractivity contribution in [3.63, 3.8) is 0 Å². The van der Waals surface area contributed by atoms with Crippen LogP contribution in [0.15, 0.2) is 102 Å². The fourth-order valence-electron chi connectivity index (χ4n) is 6.62. The molecule has 1 atom stereocenters. The van der Waals surface area contributed by atoms with Gasteiger partial charge in [-0.15, -0.1) is 0 Å². The summed E-state index contributed by atoms with van der Waals surface area (Å²) < 4.78 is 6.09. The second-order valence-corrected chi connectivity index (χ2v) is 12.3. The Morgan fingerprint density at radius 3 is 2.15 bits per heavy atom. The van der Waals surface area contributed by atoms with E-state index in [1.807, 2.05) is 30.3 Å². The first-order valence-electron chi connectivity index (χ1n) is 17.0. The van der Waals surface area contributed by atoms with Crippen LogP contribution in [0.3, 0.4) is 0 Å². The van der Waals surface area contributed by atoms with Gasteiger partial charge in [0, 0.05) is 35.4 Å². The first kappa shape index (κ1) is 39.1. The van der Waals surface area contributed by atoms with Gasteiger partial charge in [0.05, 0.1) is 18.2 Å². The molecular weight excluding hydrogens is 666 g/mol. The molecule has 1 saturated heterocycles. The number of aliphatic hydroxyl groups is 1. The Kier molecular flexibility index (Phi) is 14.8. The van der Waals surface area contributed by atoms with E-state index < -0.39 is 6.10 Å². The fraction of sp³-hybridized carbons (Fsp3) is 0.275. The number of H-pyrrole nitrogens is 1. The van der Waals surface area contributed by atoms with Crippen LogP contribution < -0.4 is 20.9 Å². The summed E-state index contributed by atoms with van der Waals surface area (Å²) in [6.45, 7) is 2.87. The molecule has 1 fully saturated rings. The van der Waals surface area contributed by atoms with Gasteiger partial charge in [0.1, 0.15) is 17.2 Å². The number of rotatable bonds is 12. The van der Waals surface area contributed by atoms with Gasteiger partial charge in [-0.1, -0.05) is 60.7 Å². The first-order valence-corrected chi connectivity index (χ1v) is 17.0. The molecule has 0 aliphatic carbocycles. The summed E-state index contributed by atoms with van der Waals surface area (Å²) in [6, 6.07) is 30.8. The smallest absolute Gasteiger partial charge is 0.290 e. The van der Waals surface area contributed by atoms with E-state index in [2.05, 4.69) is 58.1 Å². The third kappa shape index (κ3) is 10.2. The van der Waals surface area contributed by atoms with Crippen LogP contribution in [0.1, 0.15) is 46.8 Å². The van der Waals surface area contributed by atoms with Crippen molar-refractivity contribution in [1.82, 2.24) is 15.6 Å². The Balaban J connectivity index is 0.000000944. The van der Waals surface area contributed by atoms with Crippen LogP contribution in [-0.4, -0.2) is 76.2 Å². The quantitative estimate of drug-likeness (QED) is 0.0669. The lowest BCUT2D eigenvalue weighted by Crippen LogP contribution is -2.40. The van der Waals surface area contributed by atoms with E-state index in [1.54, 1.807) is 12.1 Å². The number of aliphatic hydroxyl groups excluding tert-OH is 1. The molecule has 0 bridgehead atoms. The number of phenols is 2. The summed E-state index contributed by atoms with van der Waals surface area (Å²) in [5.74, 6) is 1.13. The highest BCUT2D eigenvalue weighted by Gasteiger charge is 2.37. The molecule has 274 valence electrons. The number of piperidine rings is 1. The summed E-state index contributed by atoms with van der Waals surface area (Å²) in [7, 11) is 0. The molecule has 1 aromatic heterocycles. The molecule has 5 aromatic rings. The minimum Gasteiger partial charge on any atom is -0.508 e. The van der Waals surface area contributed by atoms with Crippen molar-refractivity contribution >= 4 is 23.8 Å². The van der Waals surface area contributed by atoms with Gasteiger partial charge in [0.15, 0.2) is 0 Å². The summed E-state index contributed by atoms with van der Waals surface area (Å²) in [5.41, 5.74) is 4.99. The van der Waals surface area contributed by atoms with Crippen molar-refractivity contribution < 1.29 is 39.9 Å². The van der Waals surface area contributed by atoms with Gasteiger partial charge in [-0.05, 0) is 91.5 Å². The summed E-state index contributed by atoms with van der Waals surface area (Å²) in [6.07, 6.45) is 2.60. The Morgan fingerprint density at radius 2 is 1.46 bits per heavy atom. The van der Waals surface area contributed by atoms with Gasteiger partial charge >= 0.3 is 0 Å². The molecule has 0 radical (unpaired) electrons. The molecule has 52 heavy (non-hydrogen) atoms. The van der Waals surface area contributed by atoms with Crippen molar-refractivity contribution in [2.24, 2.45) is 0 Å². The highest BCUT2D eigenvalue weighted by atomic mass is 16.5. The number of aromatic amines is 1. The number of fused-ring (bicyclic) bond motifs is 1. The van der Waals surface area contributed by atoms with Crippen LogP contribution in [0.2, 0.25) is 0 Å². The van der Waals surface area contributed by atoms with Gasteiger partial charge < -0.3 is 45.9 Å². The zero-order chi connectivity index (χ0) is 37.3. The van der Waals surface area contributed by atoms with Crippen LogP contribution in [-0.2, 0) is 27.8 Å². The minimum atomic E-state index is -0.794. The van der Waals surface area contributed by atoms with Crippen molar-refractivity contribution in [2.45, 2.75) is 37.2 Å². The third-order valence-corrected chi connectivity index (χ3v) is 9.14. The van der Waals surface area contributed by atoms with Crippen molar-refractivity contribution in [3.8, 4) is 17.2 Å². The molecule has 0 amide bonds. The second-order valence-electron chi connectivity index (χ2n) is 12.3. The normalized spacial score (nSPS) is 13.8. The Bertz CT molecular complexity index is 1920. The summed E-state index contributed by atoms with van der Waals surface area (Å²) >= 11 is 0. The standard InChI is InChI=1S/C38H41N3O5.2CH2O2/c42-33-13-8-27(24-32(33)38(18-21-39-22-19-38)28-4-2-1-3-5-28)17-23-46-29-9-6-26(7-10-29)16-20-40-25-35(44)30-11-14-34(43)37-31(30)12-15-36(45)41-37;2*2-1-3/h1-15,24,35,39-40,42-44H,16-23,25H2,(H,41,45);2*1H,(H,2,3)/t35-;;/m0../s1. The number of benzene rings is 4. The van der Waals surface area contributed by atoms with Gasteiger partial charge in [0.25, 0.3) is 12.9 Å². The van der Waals surface area contributed by atoms with Gasteiger partial charge in [-0.25, -0.2) is 0 Å². The van der Waals surface area contributed by atoms with Gasteiger partial charge in [0.2, 0.25) is 5.56 Å². The predicted octanol–water partition coefficient (Wildman–Crippen LogP) is 4.50. The molecule has 6 rings (SSSR count). The van der Waals surface area contributed by atoms with Crippen LogP contribution in [0.25, 0.3) is 10.9 Å². The molecule has 0 saturated carbocycles. The maximum atomic E-state index is 11.7. The van der Waals surface area contributed by atoms with Gasteiger partial charge in [-0.2, -0.15) is 0 Å². The molecule has 0 spiro atoms. The third-order valence-electron chi connectivity index (χ3n) is 9.14. The number of phenolic OH excluding ortho intramolecular Hbond substituents is 2. The number of aromatic nitrogens is 1. The number of carbonyl (C=O) groups is 2. The number of ether oxygens (including phenoxy) is 1. The van der Waals surface area contributed by atoms with E-state index in [4.69, 9.17) is 24.5 Å². The van der Waals surface area contributed by atoms with E-state index in [-0.39, 0.29) is 29.7 Å². The average molecular weight is 712 g/mol. The Morgan fingerprint density at radius 1 is 0.808 bits per heavy atom. The summed E-state index contributed by atoms with van der Waals surface area (Å²) in [4.78, 5) is 31.0. The molecule has 0 unspecified atom stereocenters. The van der Waals surface area contributed by atoms with E-state index in [9.17, 15) is 20.1 Å². The second kappa shape index (κ2) is 19.6. The van der Waals surface area contributed by atoms with Crippen LogP contribution in [0.5, 0.6) is 17.2 Å². The molecule has 1 aliphatic rings. The molecular formula is C40H45N3O9. The lowest BCUT2D eigenvalue weighted by atomic mass is 9.67. The molecule has 1 aliphatic heterocycles. The van der Waals surface area contributed by atoms with Crippen molar-refractivity contribution in [1.29, 1.82) is 0 Å². The fourth-order valence-corrected chi connectivity index (χ4v) is 6.62. The number of carboxylic acid groups (broad SMARTS) is 2. The topological polar surface area (TPSA) is 201 Å². The minimum absolute atomic E-state index is 0.0251. The van der Waals surface area contributed by atoms with Crippen LogP contribution in [0, 0.1) is 0 Å². The van der Waals surface area contributed by atoms with E-state index in [0.717, 1.165) is 61.2 Å². The molecule has 4 aromatic carbocycles. The SMILES string of the molecule is O=CO.O=CO.O=c1ccc2c([C@@H](O)CNCCc3ccc(OCCc4ccc(O)c(C5(c6ccccc6)CCNCC5)c4)cc3)ccc(O)c2[nH]1. The number of hydrogen-bond donors (Lipinski definition) is 8.